The van der Waals surface area contributed by atoms with Crippen molar-refractivity contribution in [3.05, 3.63) is 11.1 Å². The third kappa shape index (κ3) is 3.89. The second-order valence-electron chi connectivity index (χ2n) is 6.85. The Bertz CT molecular complexity index is 369. The van der Waals surface area contributed by atoms with Crippen LogP contribution in [-0.4, -0.2) is 11.2 Å². The van der Waals surface area contributed by atoms with Gasteiger partial charge in [-0.2, -0.15) is 0 Å². The van der Waals surface area contributed by atoms with Crippen LogP contribution in [0.25, 0.3) is 0 Å². The summed E-state index contributed by atoms with van der Waals surface area (Å²) in [7, 11) is 0. The Morgan fingerprint density at radius 2 is 1.88 bits per heavy atom. The summed E-state index contributed by atoms with van der Waals surface area (Å²) in [6, 6.07) is 0. The second-order valence-corrected chi connectivity index (χ2v) is 6.85. The molecule has 1 nitrogen and oxygen atoms in total. The second kappa shape index (κ2) is 4.86. The molecule has 0 heterocycles. The van der Waals surface area contributed by atoms with E-state index in [1.54, 1.807) is 0 Å². The highest BCUT2D eigenvalue weighted by Gasteiger charge is 2.32. The zero-order chi connectivity index (χ0) is 13.3. The van der Waals surface area contributed by atoms with Gasteiger partial charge in [-0.1, -0.05) is 31.3 Å². The van der Waals surface area contributed by atoms with Crippen LogP contribution in [0, 0.1) is 22.7 Å². The van der Waals surface area contributed by atoms with E-state index in [4.69, 9.17) is 0 Å². The fourth-order valence-corrected chi connectivity index (χ4v) is 2.60. The van der Waals surface area contributed by atoms with Crippen LogP contribution < -0.4 is 0 Å². The van der Waals surface area contributed by atoms with Gasteiger partial charge in [0, 0.05) is 5.41 Å². The summed E-state index contributed by atoms with van der Waals surface area (Å²) in [6.45, 7) is 12.8. The van der Waals surface area contributed by atoms with E-state index >= 15 is 0 Å². The number of allylic oxidation sites excluding steroid dienone is 1. The molecule has 0 saturated carbocycles. The van der Waals surface area contributed by atoms with Crippen LogP contribution in [0.5, 0.6) is 0 Å². The van der Waals surface area contributed by atoms with Gasteiger partial charge in [-0.05, 0) is 57.9 Å². The molecule has 1 aliphatic carbocycles. The number of rotatable bonds is 1. The third-order valence-electron chi connectivity index (χ3n) is 3.40. The predicted octanol–water partition coefficient (Wildman–Crippen LogP) is 3.92. The number of aliphatic hydroxyl groups is 1. The van der Waals surface area contributed by atoms with Gasteiger partial charge in [0.1, 0.15) is 6.10 Å². The van der Waals surface area contributed by atoms with Crippen LogP contribution in [0.3, 0.4) is 0 Å². The molecule has 0 aliphatic heterocycles. The maximum absolute atomic E-state index is 10.3. The Labute approximate surface area is 106 Å². The molecule has 1 atom stereocenters. The Morgan fingerprint density at radius 3 is 2.35 bits per heavy atom. The Kier molecular flexibility index (Phi) is 4.10. The zero-order valence-electron chi connectivity index (χ0n) is 12.1. The first kappa shape index (κ1) is 14.3. The molecule has 0 bridgehead atoms. The Morgan fingerprint density at radius 1 is 1.29 bits per heavy atom. The molecule has 0 amide bonds. The van der Waals surface area contributed by atoms with Crippen molar-refractivity contribution in [2.45, 2.75) is 66.9 Å². The van der Waals surface area contributed by atoms with Crippen LogP contribution in [0.4, 0.5) is 0 Å². The van der Waals surface area contributed by atoms with E-state index in [0.717, 1.165) is 18.4 Å². The fourth-order valence-electron chi connectivity index (χ4n) is 2.60. The molecule has 1 rings (SSSR count). The molecule has 1 N–H and O–H groups in total. The smallest absolute Gasteiger partial charge is 0.137 e. The highest BCUT2D eigenvalue weighted by atomic mass is 16.3. The van der Waals surface area contributed by atoms with Crippen molar-refractivity contribution in [2.75, 3.05) is 0 Å². The normalized spacial score (nSPS) is 21.8. The molecule has 0 radical (unpaired) electrons. The largest absolute Gasteiger partial charge is 0.376 e. The minimum atomic E-state index is -0.593. The molecule has 0 aromatic heterocycles. The molecular weight excluding hydrogens is 208 g/mol. The van der Waals surface area contributed by atoms with E-state index in [2.05, 4.69) is 53.4 Å². The molecule has 0 fully saturated rings. The van der Waals surface area contributed by atoms with E-state index in [1.807, 2.05) is 0 Å². The van der Waals surface area contributed by atoms with Crippen molar-refractivity contribution in [2.24, 2.45) is 10.8 Å². The molecule has 0 aromatic rings. The predicted molar refractivity (Wildman–Crippen MR) is 73.6 cm³/mol. The van der Waals surface area contributed by atoms with Gasteiger partial charge in [0.25, 0.3) is 0 Å². The molecule has 96 valence electrons. The summed E-state index contributed by atoms with van der Waals surface area (Å²) >= 11 is 0. The van der Waals surface area contributed by atoms with E-state index in [-0.39, 0.29) is 10.8 Å². The number of hydrogen-bond acceptors (Lipinski definition) is 1. The standard InChI is InChI=1S/C16H26O/c1-12-8-7-10-16(5,6)14(12)13(17)9-11-15(2,3)4/h13,17H,7-8,10H2,1-6H3. The van der Waals surface area contributed by atoms with Crippen molar-refractivity contribution >= 4 is 0 Å². The molecule has 1 aliphatic rings. The van der Waals surface area contributed by atoms with Gasteiger partial charge in [-0.15, -0.1) is 0 Å². The lowest BCUT2D eigenvalue weighted by Gasteiger charge is -2.35. The average Bonchev–Trinajstić information content (AvgIpc) is 2.12. The summed E-state index contributed by atoms with van der Waals surface area (Å²) in [5, 5.41) is 10.3. The van der Waals surface area contributed by atoms with Crippen molar-refractivity contribution in [3.8, 4) is 11.8 Å². The molecular formula is C16H26O. The van der Waals surface area contributed by atoms with E-state index in [9.17, 15) is 5.11 Å². The molecule has 17 heavy (non-hydrogen) atoms. The summed E-state index contributed by atoms with van der Waals surface area (Å²) < 4.78 is 0. The monoisotopic (exact) mass is 234 g/mol. The molecule has 1 heteroatoms. The van der Waals surface area contributed by atoms with Crippen LogP contribution >= 0.6 is 0 Å². The SMILES string of the molecule is CC1=C(C(O)C#CC(C)(C)C)C(C)(C)CCC1. The molecule has 0 saturated heterocycles. The van der Waals surface area contributed by atoms with Crippen molar-refractivity contribution in [3.63, 3.8) is 0 Å². The molecule has 0 aromatic carbocycles. The van der Waals surface area contributed by atoms with Gasteiger partial charge < -0.3 is 5.11 Å². The van der Waals surface area contributed by atoms with E-state index < -0.39 is 6.10 Å². The van der Waals surface area contributed by atoms with Crippen molar-refractivity contribution < 1.29 is 5.11 Å². The van der Waals surface area contributed by atoms with E-state index in [0.29, 0.717) is 0 Å². The molecule has 1 unspecified atom stereocenters. The maximum atomic E-state index is 10.3. The van der Waals surface area contributed by atoms with Gasteiger partial charge in [-0.3, -0.25) is 0 Å². The average molecular weight is 234 g/mol. The zero-order valence-corrected chi connectivity index (χ0v) is 12.1. The lowest BCUT2D eigenvalue weighted by molar-refractivity contribution is 0.214. The summed E-state index contributed by atoms with van der Waals surface area (Å²) in [5.41, 5.74) is 2.53. The topological polar surface area (TPSA) is 20.2 Å². The van der Waals surface area contributed by atoms with Crippen molar-refractivity contribution in [1.82, 2.24) is 0 Å². The minimum absolute atomic E-state index is 0.0474. The Hall–Kier alpha value is -0.740. The number of hydrogen-bond donors (Lipinski definition) is 1. The minimum Gasteiger partial charge on any atom is -0.376 e. The van der Waals surface area contributed by atoms with Gasteiger partial charge in [-0.25, -0.2) is 0 Å². The van der Waals surface area contributed by atoms with Crippen molar-refractivity contribution in [1.29, 1.82) is 0 Å². The van der Waals surface area contributed by atoms with Gasteiger partial charge >= 0.3 is 0 Å². The summed E-state index contributed by atoms with van der Waals surface area (Å²) in [5.74, 6) is 6.17. The Balaban J connectivity index is 3.00. The highest BCUT2D eigenvalue weighted by Crippen LogP contribution is 2.41. The van der Waals surface area contributed by atoms with Crippen LogP contribution in [0.15, 0.2) is 11.1 Å². The highest BCUT2D eigenvalue weighted by molar-refractivity contribution is 5.33. The first-order valence-corrected chi connectivity index (χ1v) is 6.54. The first-order valence-electron chi connectivity index (χ1n) is 6.54. The molecule has 0 spiro atoms. The number of aliphatic hydroxyl groups excluding tert-OH is 1. The van der Waals surface area contributed by atoms with Crippen LogP contribution in [0.1, 0.15) is 60.8 Å². The summed E-state index contributed by atoms with van der Waals surface area (Å²) in [6.07, 6.45) is 2.88. The van der Waals surface area contributed by atoms with Gasteiger partial charge in [0.15, 0.2) is 0 Å². The van der Waals surface area contributed by atoms with Crippen LogP contribution in [0.2, 0.25) is 0 Å². The quantitative estimate of drug-likeness (QED) is 0.538. The van der Waals surface area contributed by atoms with Gasteiger partial charge in [0.2, 0.25) is 0 Å². The van der Waals surface area contributed by atoms with Gasteiger partial charge in [0.05, 0.1) is 0 Å². The fraction of sp³-hybridized carbons (Fsp3) is 0.750. The lowest BCUT2D eigenvalue weighted by atomic mass is 9.70. The van der Waals surface area contributed by atoms with E-state index in [1.165, 1.54) is 12.0 Å². The summed E-state index contributed by atoms with van der Waals surface area (Å²) in [4.78, 5) is 0. The third-order valence-corrected chi connectivity index (χ3v) is 3.40. The van der Waals surface area contributed by atoms with Crippen LogP contribution in [-0.2, 0) is 0 Å². The lowest BCUT2D eigenvalue weighted by Crippen LogP contribution is -2.28. The first-order chi connectivity index (χ1) is 7.63. The maximum Gasteiger partial charge on any atom is 0.137 e.